The minimum Gasteiger partial charge on any atom is -0.378 e. The van der Waals surface area contributed by atoms with Crippen LogP contribution in [0.2, 0.25) is 0 Å². The van der Waals surface area contributed by atoms with Crippen LogP contribution >= 0.6 is 0 Å². The first-order chi connectivity index (χ1) is 8.29. The van der Waals surface area contributed by atoms with E-state index in [9.17, 15) is 4.79 Å². The van der Waals surface area contributed by atoms with Gasteiger partial charge in [0.2, 0.25) is 0 Å². The van der Waals surface area contributed by atoms with E-state index in [0.29, 0.717) is 18.2 Å². The molecule has 2 N–H and O–H groups in total. The third kappa shape index (κ3) is 3.20. The summed E-state index contributed by atoms with van der Waals surface area (Å²) in [5.74, 6) is -0.0136. The summed E-state index contributed by atoms with van der Waals surface area (Å²) in [5.41, 5.74) is 1.67. The van der Waals surface area contributed by atoms with Crippen LogP contribution in [0.3, 0.4) is 0 Å². The Balaban J connectivity index is 1.97. The van der Waals surface area contributed by atoms with Crippen molar-refractivity contribution in [2.24, 2.45) is 0 Å². The molecule has 0 aliphatic carbocycles. The summed E-state index contributed by atoms with van der Waals surface area (Å²) in [7, 11) is 0. The highest BCUT2D eigenvalue weighted by atomic mass is 16.5. The molecule has 0 atom stereocenters. The highest BCUT2D eigenvalue weighted by molar-refractivity contribution is 5.95. The summed E-state index contributed by atoms with van der Waals surface area (Å²) < 4.78 is 5.10. The molecule has 1 amide bonds. The van der Waals surface area contributed by atoms with Crippen LogP contribution in [-0.2, 0) is 4.74 Å². The third-order valence-corrected chi connectivity index (χ3v) is 2.67. The Labute approximate surface area is 101 Å². The van der Waals surface area contributed by atoms with Crippen molar-refractivity contribution in [2.45, 2.75) is 19.4 Å². The topological polar surface area (TPSA) is 50.4 Å². The minimum absolute atomic E-state index is 0.0136. The first-order valence-electron chi connectivity index (χ1n) is 6.02. The molecule has 0 spiro atoms. The van der Waals surface area contributed by atoms with Gasteiger partial charge in [0.1, 0.15) is 0 Å². The molecule has 0 radical (unpaired) electrons. The van der Waals surface area contributed by atoms with Crippen LogP contribution in [0.1, 0.15) is 23.7 Å². The molecule has 1 fully saturated rings. The molecule has 1 aliphatic heterocycles. The zero-order valence-corrected chi connectivity index (χ0v) is 10.0. The lowest BCUT2D eigenvalue weighted by Gasteiger charge is -2.27. The maximum atomic E-state index is 11.8. The molecule has 4 heteroatoms. The second-order valence-corrected chi connectivity index (χ2v) is 4.22. The lowest BCUT2D eigenvalue weighted by Crippen LogP contribution is -2.40. The van der Waals surface area contributed by atoms with E-state index in [4.69, 9.17) is 4.74 Å². The molecule has 17 heavy (non-hydrogen) atoms. The van der Waals surface area contributed by atoms with Gasteiger partial charge in [-0.1, -0.05) is 13.0 Å². The van der Waals surface area contributed by atoms with E-state index in [1.165, 1.54) is 0 Å². The second kappa shape index (κ2) is 5.68. The van der Waals surface area contributed by atoms with Gasteiger partial charge in [0.25, 0.3) is 5.91 Å². The smallest absolute Gasteiger partial charge is 0.251 e. The highest BCUT2D eigenvalue weighted by Gasteiger charge is 2.17. The van der Waals surface area contributed by atoms with Crippen LogP contribution in [0, 0.1) is 0 Å². The van der Waals surface area contributed by atoms with E-state index < -0.39 is 0 Å². The Bertz CT molecular complexity index is 389. The molecule has 0 saturated carbocycles. The molecule has 1 aliphatic rings. The second-order valence-electron chi connectivity index (χ2n) is 4.22. The molecule has 0 aromatic heterocycles. The lowest BCUT2D eigenvalue weighted by molar-refractivity contribution is 0.0211. The molecule has 1 aromatic rings. The van der Waals surface area contributed by atoms with Crippen molar-refractivity contribution < 1.29 is 9.53 Å². The summed E-state index contributed by atoms with van der Waals surface area (Å²) in [5, 5.41) is 6.19. The van der Waals surface area contributed by atoms with Gasteiger partial charge in [-0.25, -0.2) is 0 Å². The van der Waals surface area contributed by atoms with Crippen molar-refractivity contribution in [2.75, 3.05) is 25.1 Å². The van der Waals surface area contributed by atoms with Gasteiger partial charge in [-0.15, -0.1) is 0 Å². The first kappa shape index (κ1) is 11.9. The molecule has 1 aromatic carbocycles. The van der Waals surface area contributed by atoms with Crippen molar-refractivity contribution in [3.63, 3.8) is 0 Å². The third-order valence-electron chi connectivity index (χ3n) is 2.67. The number of ether oxygens (including phenoxy) is 1. The highest BCUT2D eigenvalue weighted by Crippen LogP contribution is 2.14. The molecule has 0 unspecified atom stereocenters. The van der Waals surface area contributed by atoms with Gasteiger partial charge in [0, 0.05) is 17.8 Å². The SMILES string of the molecule is CCCNC(=O)c1cccc(NC2COC2)c1. The standard InChI is InChI=1S/C13H18N2O2/c1-2-6-14-13(16)10-4-3-5-11(7-10)15-12-8-17-9-12/h3-5,7,12,15H,2,6,8-9H2,1H3,(H,14,16). The fourth-order valence-corrected chi connectivity index (χ4v) is 1.65. The maximum absolute atomic E-state index is 11.8. The Kier molecular flexibility index (Phi) is 3.98. The number of anilines is 1. The van der Waals surface area contributed by atoms with Gasteiger partial charge >= 0.3 is 0 Å². The van der Waals surface area contributed by atoms with Crippen molar-refractivity contribution in [1.82, 2.24) is 5.32 Å². The number of nitrogens with one attached hydrogen (secondary N) is 2. The van der Waals surface area contributed by atoms with Crippen molar-refractivity contribution in [3.8, 4) is 0 Å². The summed E-state index contributed by atoms with van der Waals surface area (Å²) in [4.78, 5) is 11.8. The van der Waals surface area contributed by atoms with E-state index in [-0.39, 0.29) is 5.91 Å². The van der Waals surface area contributed by atoms with Crippen LogP contribution < -0.4 is 10.6 Å². The average molecular weight is 234 g/mol. The van der Waals surface area contributed by atoms with Crippen LogP contribution in [0.4, 0.5) is 5.69 Å². The van der Waals surface area contributed by atoms with Gasteiger partial charge in [0.15, 0.2) is 0 Å². The van der Waals surface area contributed by atoms with Gasteiger partial charge < -0.3 is 15.4 Å². The van der Waals surface area contributed by atoms with Crippen LogP contribution in [-0.4, -0.2) is 31.7 Å². The first-order valence-corrected chi connectivity index (χ1v) is 6.02. The van der Waals surface area contributed by atoms with Gasteiger partial charge in [0.05, 0.1) is 19.3 Å². The Morgan fingerprint density at radius 3 is 2.94 bits per heavy atom. The monoisotopic (exact) mass is 234 g/mol. The molecule has 1 heterocycles. The molecule has 92 valence electrons. The molecule has 0 bridgehead atoms. The molecular weight excluding hydrogens is 216 g/mol. The van der Waals surface area contributed by atoms with E-state index in [1.807, 2.05) is 31.2 Å². The van der Waals surface area contributed by atoms with E-state index >= 15 is 0 Å². The summed E-state index contributed by atoms with van der Waals surface area (Å²) in [6.45, 7) is 4.24. The molecular formula is C13H18N2O2. The number of benzene rings is 1. The van der Waals surface area contributed by atoms with E-state index in [2.05, 4.69) is 10.6 Å². The number of carbonyl (C=O) groups excluding carboxylic acids is 1. The number of hydrogen-bond acceptors (Lipinski definition) is 3. The predicted molar refractivity (Wildman–Crippen MR) is 67.3 cm³/mol. The summed E-state index contributed by atoms with van der Waals surface area (Å²) in [6, 6.07) is 7.94. The predicted octanol–water partition coefficient (Wildman–Crippen LogP) is 1.64. The Morgan fingerprint density at radius 1 is 1.47 bits per heavy atom. The number of carbonyl (C=O) groups is 1. The quantitative estimate of drug-likeness (QED) is 0.814. The van der Waals surface area contributed by atoms with Crippen molar-refractivity contribution in [3.05, 3.63) is 29.8 Å². The Hall–Kier alpha value is -1.55. The average Bonchev–Trinajstić information content (AvgIpc) is 2.31. The van der Waals surface area contributed by atoms with Crippen LogP contribution in [0.25, 0.3) is 0 Å². The molecule has 1 saturated heterocycles. The zero-order valence-electron chi connectivity index (χ0n) is 10.0. The number of rotatable bonds is 5. The van der Waals surface area contributed by atoms with Crippen molar-refractivity contribution in [1.29, 1.82) is 0 Å². The van der Waals surface area contributed by atoms with E-state index in [1.54, 1.807) is 0 Å². The minimum atomic E-state index is -0.0136. The Morgan fingerprint density at radius 2 is 2.29 bits per heavy atom. The van der Waals surface area contributed by atoms with Crippen LogP contribution in [0.5, 0.6) is 0 Å². The normalized spacial score (nSPS) is 15.1. The maximum Gasteiger partial charge on any atom is 0.251 e. The lowest BCUT2D eigenvalue weighted by atomic mass is 10.1. The summed E-state index contributed by atoms with van der Waals surface area (Å²) >= 11 is 0. The van der Waals surface area contributed by atoms with E-state index in [0.717, 1.165) is 25.3 Å². The van der Waals surface area contributed by atoms with Gasteiger partial charge in [-0.05, 0) is 24.6 Å². The largest absolute Gasteiger partial charge is 0.378 e. The molecule has 2 rings (SSSR count). The van der Waals surface area contributed by atoms with Crippen LogP contribution in [0.15, 0.2) is 24.3 Å². The zero-order chi connectivity index (χ0) is 12.1. The van der Waals surface area contributed by atoms with Crippen molar-refractivity contribution >= 4 is 11.6 Å². The fraction of sp³-hybridized carbons (Fsp3) is 0.462. The van der Waals surface area contributed by atoms with Gasteiger partial charge in [-0.3, -0.25) is 4.79 Å². The molecule has 4 nitrogen and oxygen atoms in total. The fourth-order valence-electron chi connectivity index (χ4n) is 1.65. The summed E-state index contributed by atoms with van der Waals surface area (Å²) in [6.07, 6.45) is 0.948. The van der Waals surface area contributed by atoms with Gasteiger partial charge in [-0.2, -0.15) is 0 Å². The number of amides is 1. The number of hydrogen-bond donors (Lipinski definition) is 2.